The maximum absolute atomic E-state index is 12.0. The number of rotatable bonds is 3. The highest BCUT2D eigenvalue weighted by Crippen LogP contribution is 2.35. The van der Waals surface area contributed by atoms with Crippen LogP contribution in [0, 0.1) is 17.0 Å². The number of aromatic nitrogens is 2. The molecule has 0 spiro atoms. The molecule has 0 saturated carbocycles. The van der Waals surface area contributed by atoms with Gasteiger partial charge in [-0.3, -0.25) is 19.2 Å². The van der Waals surface area contributed by atoms with E-state index < -0.39 is 4.92 Å². The van der Waals surface area contributed by atoms with Crippen molar-refractivity contribution in [3.8, 4) is 5.75 Å². The number of nitro groups is 1. The SMILES string of the molecule is Cc1ccc(O)c(N=Nc2cc3c(cc2[N+](=O)[O-])n(C)c(=O)n3C)c1. The minimum Gasteiger partial charge on any atom is -0.506 e. The summed E-state index contributed by atoms with van der Waals surface area (Å²) in [6.45, 7) is 1.83. The van der Waals surface area contributed by atoms with Crippen LogP contribution in [-0.2, 0) is 14.1 Å². The molecule has 9 heteroatoms. The van der Waals surface area contributed by atoms with Gasteiger partial charge < -0.3 is 5.11 Å². The highest BCUT2D eigenvalue weighted by Gasteiger charge is 2.19. The monoisotopic (exact) mass is 341 g/mol. The van der Waals surface area contributed by atoms with Gasteiger partial charge in [0.15, 0.2) is 5.69 Å². The topological polar surface area (TPSA) is 115 Å². The van der Waals surface area contributed by atoms with E-state index in [1.54, 1.807) is 26.2 Å². The Bertz CT molecular complexity index is 1090. The van der Waals surface area contributed by atoms with Crippen molar-refractivity contribution in [3.05, 3.63) is 56.5 Å². The Labute approximate surface area is 141 Å². The van der Waals surface area contributed by atoms with Crippen LogP contribution in [0.25, 0.3) is 11.0 Å². The van der Waals surface area contributed by atoms with E-state index in [4.69, 9.17) is 0 Å². The first-order valence-corrected chi connectivity index (χ1v) is 7.35. The summed E-state index contributed by atoms with van der Waals surface area (Å²) < 4.78 is 2.71. The maximum Gasteiger partial charge on any atom is 0.328 e. The number of hydrogen-bond acceptors (Lipinski definition) is 6. The molecule has 25 heavy (non-hydrogen) atoms. The van der Waals surface area contributed by atoms with E-state index in [2.05, 4.69) is 10.2 Å². The predicted molar refractivity (Wildman–Crippen MR) is 91.8 cm³/mol. The average molecular weight is 341 g/mol. The first-order chi connectivity index (χ1) is 11.8. The standard InChI is InChI=1S/C16H15N5O4/c1-9-4-5-15(22)11(6-9)18-17-10-7-13-14(8-12(10)21(24)25)20(3)16(23)19(13)2/h4-8,22H,1-3H3. The maximum atomic E-state index is 12.0. The fourth-order valence-electron chi connectivity index (χ4n) is 2.57. The number of fused-ring (bicyclic) bond motifs is 1. The molecule has 0 radical (unpaired) electrons. The van der Waals surface area contributed by atoms with Crippen LogP contribution in [0.15, 0.2) is 45.4 Å². The lowest BCUT2D eigenvalue weighted by atomic mass is 10.2. The van der Waals surface area contributed by atoms with Crippen LogP contribution >= 0.6 is 0 Å². The third-order valence-electron chi connectivity index (χ3n) is 3.96. The quantitative estimate of drug-likeness (QED) is 0.447. The van der Waals surface area contributed by atoms with Crippen molar-refractivity contribution >= 4 is 28.1 Å². The van der Waals surface area contributed by atoms with Crippen molar-refractivity contribution in [2.24, 2.45) is 24.3 Å². The van der Waals surface area contributed by atoms with E-state index in [9.17, 15) is 20.0 Å². The number of phenolic OH excluding ortho intramolecular Hbond substituents is 1. The zero-order valence-electron chi connectivity index (χ0n) is 13.8. The molecule has 0 amide bonds. The fourth-order valence-corrected chi connectivity index (χ4v) is 2.57. The normalized spacial score (nSPS) is 11.5. The van der Waals surface area contributed by atoms with Gasteiger partial charge in [-0.15, -0.1) is 10.2 Å². The Morgan fingerprint density at radius 1 is 1.04 bits per heavy atom. The van der Waals surface area contributed by atoms with E-state index in [0.29, 0.717) is 11.0 Å². The second-order valence-electron chi connectivity index (χ2n) is 5.68. The van der Waals surface area contributed by atoms with Gasteiger partial charge in [0, 0.05) is 20.2 Å². The van der Waals surface area contributed by atoms with Crippen LogP contribution in [0.1, 0.15) is 5.56 Å². The second-order valence-corrected chi connectivity index (χ2v) is 5.68. The number of benzene rings is 2. The van der Waals surface area contributed by atoms with Gasteiger partial charge in [-0.2, -0.15) is 0 Å². The molecule has 2 aromatic carbocycles. The van der Waals surface area contributed by atoms with Crippen molar-refractivity contribution < 1.29 is 10.0 Å². The molecule has 0 bridgehead atoms. The highest BCUT2D eigenvalue weighted by molar-refractivity contribution is 5.84. The zero-order valence-corrected chi connectivity index (χ0v) is 13.8. The number of imidazole rings is 1. The molecule has 0 aliphatic rings. The summed E-state index contributed by atoms with van der Waals surface area (Å²) in [7, 11) is 3.12. The Balaban J connectivity index is 2.20. The molecular formula is C16H15N5O4. The van der Waals surface area contributed by atoms with E-state index in [-0.39, 0.29) is 28.5 Å². The number of nitrogens with zero attached hydrogens (tertiary/aromatic N) is 5. The minimum absolute atomic E-state index is 0.000365. The molecule has 0 saturated heterocycles. The predicted octanol–water partition coefficient (Wildman–Crippen LogP) is 3.21. The lowest BCUT2D eigenvalue weighted by molar-refractivity contribution is -0.384. The molecule has 3 aromatic rings. The van der Waals surface area contributed by atoms with Crippen LogP contribution in [0.3, 0.4) is 0 Å². The van der Waals surface area contributed by atoms with Crippen LogP contribution in [0.2, 0.25) is 0 Å². The van der Waals surface area contributed by atoms with E-state index in [1.165, 1.54) is 27.3 Å². The Morgan fingerprint density at radius 2 is 1.64 bits per heavy atom. The number of phenols is 1. The van der Waals surface area contributed by atoms with Gasteiger partial charge >= 0.3 is 5.69 Å². The molecule has 0 atom stereocenters. The molecule has 9 nitrogen and oxygen atoms in total. The third kappa shape index (κ3) is 2.75. The van der Waals surface area contributed by atoms with Crippen molar-refractivity contribution in [1.29, 1.82) is 0 Å². The summed E-state index contributed by atoms with van der Waals surface area (Å²) in [6.07, 6.45) is 0. The lowest BCUT2D eigenvalue weighted by Crippen LogP contribution is -2.19. The summed E-state index contributed by atoms with van der Waals surface area (Å²) >= 11 is 0. The largest absolute Gasteiger partial charge is 0.506 e. The molecule has 0 aliphatic carbocycles. The smallest absolute Gasteiger partial charge is 0.328 e. The zero-order chi connectivity index (χ0) is 18.3. The molecule has 1 N–H and O–H groups in total. The molecule has 3 rings (SSSR count). The molecule has 1 heterocycles. The molecule has 0 unspecified atom stereocenters. The molecule has 128 valence electrons. The fraction of sp³-hybridized carbons (Fsp3) is 0.188. The summed E-state index contributed by atoms with van der Waals surface area (Å²) in [5, 5.41) is 29.0. The number of nitro benzene ring substituents is 1. The van der Waals surface area contributed by atoms with E-state index >= 15 is 0 Å². The molecule has 1 aromatic heterocycles. The van der Waals surface area contributed by atoms with Gasteiger partial charge in [0.25, 0.3) is 5.69 Å². The summed E-state index contributed by atoms with van der Waals surface area (Å²) in [6, 6.07) is 7.53. The van der Waals surface area contributed by atoms with Gasteiger partial charge in [-0.05, 0) is 30.7 Å². The second kappa shape index (κ2) is 5.86. The summed E-state index contributed by atoms with van der Waals surface area (Å²) in [5.41, 5.74) is 1.43. The minimum atomic E-state index is -0.582. The Morgan fingerprint density at radius 3 is 2.28 bits per heavy atom. The molecular weight excluding hydrogens is 326 g/mol. The van der Waals surface area contributed by atoms with Crippen LogP contribution < -0.4 is 5.69 Å². The summed E-state index contributed by atoms with van der Waals surface area (Å²) in [4.78, 5) is 22.8. The van der Waals surface area contributed by atoms with Gasteiger partial charge in [0.2, 0.25) is 0 Å². The van der Waals surface area contributed by atoms with Gasteiger partial charge in [0.05, 0.1) is 16.0 Å². The van der Waals surface area contributed by atoms with Crippen molar-refractivity contribution in [2.75, 3.05) is 0 Å². The van der Waals surface area contributed by atoms with Crippen molar-refractivity contribution in [3.63, 3.8) is 0 Å². The van der Waals surface area contributed by atoms with Crippen LogP contribution in [-0.4, -0.2) is 19.2 Å². The third-order valence-corrected chi connectivity index (χ3v) is 3.96. The van der Waals surface area contributed by atoms with Gasteiger partial charge in [-0.1, -0.05) is 6.07 Å². The molecule has 0 aliphatic heterocycles. The lowest BCUT2D eigenvalue weighted by Gasteiger charge is -2.01. The molecule has 0 fully saturated rings. The number of aryl methyl sites for hydroxylation is 3. The Hall–Kier alpha value is -3.49. The summed E-state index contributed by atoms with van der Waals surface area (Å²) in [5.74, 6) is -0.0785. The van der Waals surface area contributed by atoms with Gasteiger partial charge in [0.1, 0.15) is 11.4 Å². The van der Waals surface area contributed by atoms with E-state index in [1.807, 2.05) is 6.92 Å². The first kappa shape index (κ1) is 16.4. The van der Waals surface area contributed by atoms with Crippen molar-refractivity contribution in [2.45, 2.75) is 6.92 Å². The van der Waals surface area contributed by atoms with Gasteiger partial charge in [-0.25, -0.2) is 4.79 Å². The van der Waals surface area contributed by atoms with Crippen LogP contribution in [0.5, 0.6) is 5.75 Å². The number of azo groups is 1. The first-order valence-electron chi connectivity index (χ1n) is 7.35. The average Bonchev–Trinajstić information content (AvgIpc) is 2.79. The van der Waals surface area contributed by atoms with Crippen molar-refractivity contribution in [1.82, 2.24) is 9.13 Å². The van der Waals surface area contributed by atoms with E-state index in [0.717, 1.165) is 5.56 Å². The number of hydrogen-bond donors (Lipinski definition) is 1. The number of aromatic hydroxyl groups is 1. The Kier molecular flexibility index (Phi) is 3.84. The highest BCUT2D eigenvalue weighted by atomic mass is 16.6. The van der Waals surface area contributed by atoms with Crippen LogP contribution in [0.4, 0.5) is 17.1 Å².